The van der Waals surface area contributed by atoms with Gasteiger partial charge in [0, 0.05) is 29.1 Å². The van der Waals surface area contributed by atoms with E-state index in [0.29, 0.717) is 35.1 Å². The Morgan fingerprint density at radius 3 is 2.11 bits per heavy atom. The van der Waals surface area contributed by atoms with Crippen LogP contribution in [0.15, 0.2) is 40.8 Å². The first-order chi connectivity index (χ1) is 8.59. The molecular weight excluding hydrogens is 226 g/mol. The number of ketones is 2. The summed E-state index contributed by atoms with van der Waals surface area (Å²) in [4.78, 5) is 28.7. The van der Waals surface area contributed by atoms with Gasteiger partial charge in [0.2, 0.25) is 0 Å². The van der Waals surface area contributed by atoms with E-state index in [2.05, 4.69) is 4.98 Å². The minimum absolute atomic E-state index is 0.00569. The van der Waals surface area contributed by atoms with Gasteiger partial charge in [-0.2, -0.15) is 0 Å². The van der Waals surface area contributed by atoms with E-state index < -0.39 is 0 Å². The predicted octanol–water partition coefficient (Wildman–Crippen LogP) is 2.89. The molecule has 3 heteroatoms. The van der Waals surface area contributed by atoms with Crippen LogP contribution in [0, 0.1) is 0 Å². The second kappa shape index (κ2) is 3.73. The minimum Gasteiger partial charge on any atom is -0.289 e. The SMILES string of the molecule is CC1=C(C)CC2=C(C1)C(=O)c1ccncc1C2=O. The minimum atomic E-state index is -0.0282. The van der Waals surface area contributed by atoms with Gasteiger partial charge >= 0.3 is 0 Å². The lowest BCUT2D eigenvalue weighted by atomic mass is 9.76. The summed E-state index contributed by atoms with van der Waals surface area (Å²) < 4.78 is 0. The Balaban J connectivity index is 2.17. The molecule has 0 aromatic carbocycles. The molecule has 1 heterocycles. The van der Waals surface area contributed by atoms with Gasteiger partial charge < -0.3 is 0 Å². The maximum Gasteiger partial charge on any atom is 0.192 e. The molecule has 90 valence electrons. The summed E-state index contributed by atoms with van der Waals surface area (Å²) in [6, 6.07) is 1.64. The summed E-state index contributed by atoms with van der Waals surface area (Å²) in [5.74, 6) is -0.0339. The van der Waals surface area contributed by atoms with Crippen LogP contribution in [0.4, 0.5) is 0 Å². The molecule has 18 heavy (non-hydrogen) atoms. The van der Waals surface area contributed by atoms with Crippen LogP contribution in [0.1, 0.15) is 47.4 Å². The fourth-order valence-electron chi connectivity index (χ4n) is 2.58. The summed E-state index contributed by atoms with van der Waals surface area (Å²) in [5.41, 5.74) is 4.70. The van der Waals surface area contributed by atoms with Crippen molar-refractivity contribution in [2.75, 3.05) is 0 Å². The van der Waals surface area contributed by atoms with Crippen LogP contribution < -0.4 is 0 Å². The Morgan fingerprint density at radius 1 is 0.944 bits per heavy atom. The molecule has 0 fully saturated rings. The van der Waals surface area contributed by atoms with Gasteiger partial charge in [0.05, 0.1) is 5.56 Å². The average molecular weight is 239 g/mol. The van der Waals surface area contributed by atoms with E-state index in [0.717, 1.165) is 0 Å². The van der Waals surface area contributed by atoms with E-state index in [1.54, 1.807) is 12.3 Å². The molecule has 0 bridgehead atoms. The van der Waals surface area contributed by atoms with Crippen LogP contribution in [0.25, 0.3) is 0 Å². The Labute approximate surface area is 105 Å². The van der Waals surface area contributed by atoms with Crippen LogP contribution >= 0.6 is 0 Å². The lowest BCUT2D eigenvalue weighted by molar-refractivity contribution is 0.0969. The van der Waals surface area contributed by atoms with Crippen LogP contribution in [-0.2, 0) is 0 Å². The number of hydrogen-bond acceptors (Lipinski definition) is 3. The number of nitrogens with zero attached hydrogens (tertiary/aromatic N) is 1. The van der Waals surface area contributed by atoms with E-state index in [4.69, 9.17) is 0 Å². The predicted molar refractivity (Wildman–Crippen MR) is 67.5 cm³/mol. The highest BCUT2D eigenvalue weighted by atomic mass is 16.1. The molecule has 0 unspecified atom stereocenters. The molecule has 2 aliphatic carbocycles. The van der Waals surface area contributed by atoms with Crippen molar-refractivity contribution in [1.82, 2.24) is 4.98 Å². The van der Waals surface area contributed by atoms with Crippen molar-refractivity contribution in [2.45, 2.75) is 26.7 Å². The molecule has 0 aliphatic heterocycles. The standard InChI is InChI=1S/C15H13NO2/c1-8-5-11-12(6-9(8)2)15(18)13-7-16-4-3-10(13)14(11)17/h3-4,7H,5-6H2,1-2H3. The lowest BCUT2D eigenvalue weighted by Gasteiger charge is -2.25. The van der Waals surface area contributed by atoms with Crippen LogP contribution in [-0.4, -0.2) is 16.6 Å². The highest BCUT2D eigenvalue weighted by molar-refractivity contribution is 6.27. The normalized spacial score (nSPS) is 19.0. The number of carbonyl (C=O) groups is 2. The molecule has 0 N–H and O–H groups in total. The monoisotopic (exact) mass is 239 g/mol. The quantitative estimate of drug-likeness (QED) is 0.654. The molecule has 1 aromatic heterocycles. The molecule has 1 aromatic rings. The Kier molecular flexibility index (Phi) is 2.30. The fourth-order valence-corrected chi connectivity index (χ4v) is 2.58. The molecule has 2 aliphatic rings. The molecule has 0 saturated heterocycles. The summed E-state index contributed by atoms with van der Waals surface area (Å²) in [7, 11) is 0. The Hall–Kier alpha value is -2.03. The number of rotatable bonds is 0. The van der Waals surface area contributed by atoms with E-state index >= 15 is 0 Å². The zero-order valence-electron chi connectivity index (χ0n) is 10.4. The second-order valence-corrected chi connectivity index (χ2v) is 4.95. The maximum atomic E-state index is 12.4. The van der Waals surface area contributed by atoms with Gasteiger partial charge in [-0.25, -0.2) is 0 Å². The van der Waals surface area contributed by atoms with Gasteiger partial charge in [-0.15, -0.1) is 0 Å². The summed E-state index contributed by atoms with van der Waals surface area (Å²) in [6.45, 7) is 4.05. The number of pyridine rings is 1. The average Bonchev–Trinajstić information content (AvgIpc) is 2.38. The molecule has 0 spiro atoms. The van der Waals surface area contributed by atoms with Crippen LogP contribution in [0.2, 0.25) is 0 Å². The van der Waals surface area contributed by atoms with E-state index in [1.807, 2.05) is 13.8 Å². The number of carbonyl (C=O) groups excluding carboxylic acids is 2. The van der Waals surface area contributed by atoms with Crippen molar-refractivity contribution in [3.63, 3.8) is 0 Å². The summed E-state index contributed by atoms with van der Waals surface area (Å²) >= 11 is 0. The summed E-state index contributed by atoms with van der Waals surface area (Å²) in [6.07, 6.45) is 4.26. The smallest absolute Gasteiger partial charge is 0.192 e. The number of Topliss-reactive ketones (excluding diaryl/α,β-unsaturated/α-hetero) is 2. The molecule has 0 saturated carbocycles. The largest absolute Gasteiger partial charge is 0.289 e. The van der Waals surface area contributed by atoms with Gasteiger partial charge in [-0.1, -0.05) is 11.1 Å². The fraction of sp³-hybridized carbons (Fsp3) is 0.267. The second-order valence-electron chi connectivity index (χ2n) is 4.95. The van der Waals surface area contributed by atoms with Crippen molar-refractivity contribution < 1.29 is 9.59 Å². The highest BCUT2D eigenvalue weighted by Gasteiger charge is 2.34. The van der Waals surface area contributed by atoms with Gasteiger partial charge in [0.25, 0.3) is 0 Å². The first-order valence-corrected chi connectivity index (χ1v) is 6.00. The van der Waals surface area contributed by atoms with Crippen molar-refractivity contribution in [1.29, 1.82) is 0 Å². The maximum absolute atomic E-state index is 12.4. The molecule has 3 rings (SSSR count). The number of aromatic nitrogens is 1. The zero-order chi connectivity index (χ0) is 12.9. The number of fused-ring (bicyclic) bond motifs is 1. The highest BCUT2D eigenvalue weighted by Crippen LogP contribution is 2.37. The molecule has 0 amide bonds. The van der Waals surface area contributed by atoms with Crippen molar-refractivity contribution in [3.05, 3.63) is 51.9 Å². The van der Waals surface area contributed by atoms with Crippen molar-refractivity contribution >= 4 is 11.6 Å². The van der Waals surface area contributed by atoms with Crippen LogP contribution in [0.5, 0.6) is 0 Å². The van der Waals surface area contributed by atoms with E-state index in [9.17, 15) is 9.59 Å². The first-order valence-electron chi connectivity index (χ1n) is 6.00. The van der Waals surface area contributed by atoms with Crippen molar-refractivity contribution in [2.24, 2.45) is 0 Å². The van der Waals surface area contributed by atoms with Crippen molar-refractivity contribution in [3.8, 4) is 0 Å². The third-order valence-corrected chi connectivity index (χ3v) is 3.84. The number of hydrogen-bond donors (Lipinski definition) is 0. The molecule has 3 nitrogen and oxygen atoms in total. The summed E-state index contributed by atoms with van der Waals surface area (Å²) in [5, 5.41) is 0. The third kappa shape index (κ3) is 1.40. The van der Waals surface area contributed by atoms with Crippen LogP contribution in [0.3, 0.4) is 0 Å². The van der Waals surface area contributed by atoms with Gasteiger partial charge in [-0.3, -0.25) is 14.6 Å². The molecule has 0 radical (unpaired) electrons. The molecular formula is C15H13NO2. The topological polar surface area (TPSA) is 47.0 Å². The Morgan fingerprint density at radius 2 is 1.50 bits per heavy atom. The third-order valence-electron chi connectivity index (χ3n) is 3.84. The lowest BCUT2D eigenvalue weighted by Crippen LogP contribution is -2.24. The van der Waals surface area contributed by atoms with E-state index in [-0.39, 0.29) is 11.6 Å². The van der Waals surface area contributed by atoms with E-state index in [1.165, 1.54) is 17.3 Å². The zero-order valence-corrected chi connectivity index (χ0v) is 10.4. The van der Waals surface area contributed by atoms with Gasteiger partial charge in [0.15, 0.2) is 11.6 Å². The van der Waals surface area contributed by atoms with Gasteiger partial charge in [-0.05, 0) is 32.8 Å². The Bertz CT molecular complexity index is 595. The van der Waals surface area contributed by atoms with Gasteiger partial charge in [0.1, 0.15) is 0 Å². The first kappa shape index (κ1) is 11.1. The number of allylic oxidation sites excluding steroid dienone is 4. The molecule has 0 atom stereocenters.